The molecular formula is C11H20O4S. The minimum absolute atomic E-state index is 0.180. The first-order chi connectivity index (χ1) is 7.41. The zero-order chi connectivity index (χ0) is 12.2. The largest absolute Gasteiger partial charge is 0.378 e. The van der Waals surface area contributed by atoms with Crippen LogP contribution in [0.4, 0.5) is 0 Å². The van der Waals surface area contributed by atoms with E-state index in [9.17, 15) is 13.2 Å². The summed E-state index contributed by atoms with van der Waals surface area (Å²) < 4.78 is 27.7. The predicted octanol–water partition coefficient (Wildman–Crippen LogP) is 1.34. The molecule has 2 unspecified atom stereocenters. The van der Waals surface area contributed by atoms with Gasteiger partial charge < -0.3 is 4.74 Å². The topological polar surface area (TPSA) is 60.4 Å². The zero-order valence-corrected chi connectivity index (χ0v) is 10.8. The van der Waals surface area contributed by atoms with E-state index in [-0.39, 0.29) is 11.9 Å². The third kappa shape index (κ3) is 4.22. The number of rotatable bonds is 6. The van der Waals surface area contributed by atoms with E-state index in [1.165, 1.54) is 6.92 Å². The fourth-order valence-electron chi connectivity index (χ4n) is 1.82. The van der Waals surface area contributed by atoms with Crippen LogP contribution in [-0.2, 0) is 19.4 Å². The van der Waals surface area contributed by atoms with Crippen molar-refractivity contribution in [2.45, 2.75) is 50.4 Å². The first-order valence-electron chi connectivity index (χ1n) is 5.74. The maximum Gasteiger partial charge on any atom is 0.157 e. The Hall–Kier alpha value is -0.420. The fraction of sp³-hybridized carbons (Fsp3) is 0.909. The van der Waals surface area contributed by atoms with Crippen molar-refractivity contribution in [2.24, 2.45) is 0 Å². The highest BCUT2D eigenvalue weighted by Gasteiger charge is 2.23. The minimum Gasteiger partial charge on any atom is -0.378 e. The van der Waals surface area contributed by atoms with Gasteiger partial charge in [-0.25, -0.2) is 8.42 Å². The summed E-state index contributed by atoms with van der Waals surface area (Å²) in [4.78, 5) is 11.5. The maximum atomic E-state index is 11.5. The molecule has 1 heterocycles. The highest BCUT2D eigenvalue weighted by atomic mass is 32.2. The molecule has 0 spiro atoms. The van der Waals surface area contributed by atoms with Crippen molar-refractivity contribution >= 4 is 15.6 Å². The van der Waals surface area contributed by atoms with Crippen LogP contribution in [0.25, 0.3) is 0 Å². The minimum atomic E-state index is -3.23. The summed E-state index contributed by atoms with van der Waals surface area (Å²) in [5.41, 5.74) is 0. The van der Waals surface area contributed by atoms with Gasteiger partial charge in [-0.1, -0.05) is 0 Å². The average molecular weight is 248 g/mol. The molecule has 0 saturated carbocycles. The summed E-state index contributed by atoms with van der Waals surface area (Å²) in [6.07, 6.45) is 5.48. The third-order valence-electron chi connectivity index (χ3n) is 3.07. The van der Waals surface area contributed by atoms with Crippen LogP contribution in [0.15, 0.2) is 0 Å². The standard InChI is InChI=1S/C11H20O4S/c1-9(16(2,13)14)11(12)7-3-5-10-6-4-8-15-10/h9-10H,3-8H2,1-2H3. The first kappa shape index (κ1) is 13.6. The second-order valence-electron chi connectivity index (χ2n) is 4.47. The monoisotopic (exact) mass is 248 g/mol. The zero-order valence-electron chi connectivity index (χ0n) is 9.94. The molecule has 0 aromatic heterocycles. The molecule has 0 N–H and O–H groups in total. The van der Waals surface area contributed by atoms with Gasteiger partial charge in [0.2, 0.25) is 0 Å². The van der Waals surface area contributed by atoms with E-state index >= 15 is 0 Å². The van der Waals surface area contributed by atoms with Crippen molar-refractivity contribution in [1.29, 1.82) is 0 Å². The number of hydrogen-bond donors (Lipinski definition) is 0. The highest BCUT2D eigenvalue weighted by molar-refractivity contribution is 7.92. The molecule has 1 rings (SSSR count). The Balaban J connectivity index is 2.24. The molecule has 5 heteroatoms. The molecule has 1 saturated heterocycles. The van der Waals surface area contributed by atoms with Gasteiger partial charge >= 0.3 is 0 Å². The molecule has 0 aliphatic carbocycles. The molecule has 0 amide bonds. The summed E-state index contributed by atoms with van der Waals surface area (Å²) in [5.74, 6) is -0.180. The summed E-state index contributed by atoms with van der Waals surface area (Å²) in [7, 11) is -3.23. The van der Waals surface area contributed by atoms with Crippen molar-refractivity contribution < 1.29 is 17.9 Å². The van der Waals surface area contributed by atoms with Gasteiger partial charge in [-0.2, -0.15) is 0 Å². The fourth-order valence-corrected chi connectivity index (χ4v) is 2.41. The van der Waals surface area contributed by atoms with Crippen LogP contribution in [0.5, 0.6) is 0 Å². The molecule has 0 aromatic rings. The van der Waals surface area contributed by atoms with Crippen LogP contribution < -0.4 is 0 Å². The van der Waals surface area contributed by atoms with Crippen LogP contribution in [0.1, 0.15) is 39.0 Å². The number of Topliss-reactive ketones (excluding diaryl/α,β-unsaturated/α-hetero) is 1. The normalized spacial score (nSPS) is 23.2. The van der Waals surface area contributed by atoms with Crippen LogP contribution in [-0.4, -0.2) is 38.4 Å². The Morgan fingerprint density at radius 1 is 1.50 bits per heavy atom. The van der Waals surface area contributed by atoms with Gasteiger partial charge in [0.05, 0.1) is 6.10 Å². The molecule has 2 atom stereocenters. The highest BCUT2D eigenvalue weighted by Crippen LogP contribution is 2.18. The van der Waals surface area contributed by atoms with Gasteiger partial charge in [-0.3, -0.25) is 4.79 Å². The summed E-state index contributed by atoms with van der Waals surface area (Å²) >= 11 is 0. The lowest BCUT2D eigenvalue weighted by Crippen LogP contribution is -2.26. The van der Waals surface area contributed by atoms with Crippen molar-refractivity contribution in [2.75, 3.05) is 12.9 Å². The molecule has 1 fully saturated rings. The second-order valence-corrected chi connectivity index (χ2v) is 6.83. The average Bonchev–Trinajstić information content (AvgIpc) is 2.67. The van der Waals surface area contributed by atoms with E-state index in [1.54, 1.807) is 0 Å². The van der Waals surface area contributed by atoms with Crippen molar-refractivity contribution in [3.63, 3.8) is 0 Å². The number of hydrogen-bond acceptors (Lipinski definition) is 4. The maximum absolute atomic E-state index is 11.5. The van der Waals surface area contributed by atoms with Gasteiger partial charge in [0.1, 0.15) is 5.25 Å². The van der Waals surface area contributed by atoms with Gasteiger partial charge in [0, 0.05) is 19.3 Å². The molecule has 1 aliphatic rings. The Morgan fingerprint density at radius 2 is 2.19 bits per heavy atom. The van der Waals surface area contributed by atoms with Crippen LogP contribution >= 0.6 is 0 Å². The van der Waals surface area contributed by atoms with Gasteiger partial charge in [0.15, 0.2) is 15.6 Å². The lowest BCUT2D eigenvalue weighted by molar-refractivity contribution is -0.118. The van der Waals surface area contributed by atoms with Crippen LogP contribution in [0, 0.1) is 0 Å². The van der Waals surface area contributed by atoms with Crippen molar-refractivity contribution in [3.05, 3.63) is 0 Å². The number of carbonyl (C=O) groups excluding carboxylic acids is 1. The molecular weight excluding hydrogens is 228 g/mol. The number of sulfone groups is 1. The summed E-state index contributed by atoms with van der Waals surface area (Å²) in [6, 6.07) is 0. The SMILES string of the molecule is CC(C(=O)CCCC1CCCO1)S(C)(=O)=O. The Labute approximate surface area is 97.3 Å². The van der Waals surface area contributed by atoms with Gasteiger partial charge in [0.25, 0.3) is 0 Å². The molecule has 0 aromatic carbocycles. The van der Waals surface area contributed by atoms with E-state index in [0.29, 0.717) is 6.42 Å². The van der Waals surface area contributed by atoms with E-state index in [1.807, 2.05) is 0 Å². The summed E-state index contributed by atoms with van der Waals surface area (Å²) in [5, 5.41) is -0.864. The number of ketones is 1. The van der Waals surface area contributed by atoms with E-state index in [0.717, 1.165) is 38.5 Å². The van der Waals surface area contributed by atoms with Crippen molar-refractivity contribution in [1.82, 2.24) is 0 Å². The lowest BCUT2D eigenvalue weighted by atomic mass is 10.1. The second kappa shape index (κ2) is 5.77. The van der Waals surface area contributed by atoms with Gasteiger partial charge in [-0.05, 0) is 32.6 Å². The molecule has 0 bridgehead atoms. The number of ether oxygens (including phenoxy) is 1. The van der Waals surface area contributed by atoms with Gasteiger partial charge in [-0.15, -0.1) is 0 Å². The Kier molecular flexibility index (Phi) is 4.92. The predicted molar refractivity (Wildman–Crippen MR) is 62.1 cm³/mol. The molecule has 0 radical (unpaired) electrons. The van der Waals surface area contributed by atoms with E-state index in [4.69, 9.17) is 4.74 Å². The smallest absolute Gasteiger partial charge is 0.157 e. The third-order valence-corrected chi connectivity index (χ3v) is 4.62. The van der Waals surface area contributed by atoms with E-state index < -0.39 is 15.1 Å². The molecule has 4 nitrogen and oxygen atoms in total. The molecule has 1 aliphatic heterocycles. The molecule has 94 valence electrons. The van der Waals surface area contributed by atoms with Crippen molar-refractivity contribution in [3.8, 4) is 0 Å². The van der Waals surface area contributed by atoms with Crippen LogP contribution in [0.2, 0.25) is 0 Å². The van der Waals surface area contributed by atoms with Crippen LogP contribution in [0.3, 0.4) is 0 Å². The first-order valence-corrected chi connectivity index (χ1v) is 7.70. The number of carbonyl (C=O) groups is 1. The molecule has 16 heavy (non-hydrogen) atoms. The summed E-state index contributed by atoms with van der Waals surface area (Å²) in [6.45, 7) is 2.28. The quantitative estimate of drug-likeness (QED) is 0.711. The lowest BCUT2D eigenvalue weighted by Gasteiger charge is -2.10. The Bertz CT molecular complexity index is 328. The van der Waals surface area contributed by atoms with E-state index in [2.05, 4.69) is 0 Å². The Morgan fingerprint density at radius 3 is 2.69 bits per heavy atom.